The fourth-order valence-electron chi connectivity index (χ4n) is 4.20. The number of rotatable bonds is 9. The molecule has 1 aromatic carbocycles. The van der Waals surface area contributed by atoms with Gasteiger partial charge in [0.05, 0.1) is 18.8 Å². The molecule has 5 atom stereocenters. The van der Waals surface area contributed by atoms with Crippen LogP contribution in [0.3, 0.4) is 0 Å². The maximum absolute atomic E-state index is 15.7. The molecule has 2 fully saturated rings. The van der Waals surface area contributed by atoms with Gasteiger partial charge in [0, 0.05) is 5.30 Å². The summed E-state index contributed by atoms with van der Waals surface area (Å²) >= 11 is 0. The second kappa shape index (κ2) is 9.84. The van der Waals surface area contributed by atoms with Gasteiger partial charge in [-0.1, -0.05) is 30.3 Å². The second-order valence-corrected chi connectivity index (χ2v) is 24.1. The molecule has 0 amide bonds. The van der Waals surface area contributed by atoms with Crippen LogP contribution >= 0.6 is 7.14 Å². The predicted molar refractivity (Wildman–Crippen MR) is 140 cm³/mol. The van der Waals surface area contributed by atoms with E-state index >= 15 is 4.57 Å². The fraction of sp³-hybridized carbons (Fsp3) is 0.750. The lowest BCUT2D eigenvalue weighted by Crippen LogP contribution is -2.49. The summed E-state index contributed by atoms with van der Waals surface area (Å²) in [4.78, 5) is 0. The molecule has 0 N–H and O–H groups in total. The van der Waals surface area contributed by atoms with Crippen molar-refractivity contribution in [1.29, 1.82) is 0 Å². The molecule has 0 bridgehead atoms. The molecule has 0 aliphatic carbocycles. The zero-order chi connectivity index (χ0) is 25.6. The Morgan fingerprint density at radius 1 is 0.912 bits per heavy atom. The first-order valence-corrected chi connectivity index (χ1v) is 20.7. The summed E-state index contributed by atoms with van der Waals surface area (Å²) in [6, 6.07) is 9.50. The number of hydrogen-bond donors (Lipinski definition) is 0. The van der Waals surface area contributed by atoms with Gasteiger partial charge >= 0.3 is 0 Å². The minimum Gasteiger partial charge on any atom is -0.405 e. The van der Waals surface area contributed by atoms with Crippen molar-refractivity contribution in [3.8, 4) is 0 Å². The molecule has 2 aliphatic heterocycles. The summed E-state index contributed by atoms with van der Waals surface area (Å²) in [7, 11) is -7.91. The van der Waals surface area contributed by atoms with E-state index in [1.165, 1.54) is 0 Å². The lowest BCUT2D eigenvalue weighted by Gasteiger charge is -2.42. The highest BCUT2D eigenvalue weighted by Crippen LogP contribution is 2.61. The van der Waals surface area contributed by atoms with Crippen molar-refractivity contribution in [1.82, 2.24) is 0 Å². The molecule has 0 aromatic heterocycles. The molecule has 0 saturated carbocycles. The number of ether oxygens (including phenoxy) is 4. The Bertz CT molecular complexity index is 830. The van der Waals surface area contributed by atoms with Crippen molar-refractivity contribution < 1.29 is 32.4 Å². The van der Waals surface area contributed by atoms with Crippen molar-refractivity contribution in [2.75, 3.05) is 13.2 Å². The summed E-state index contributed by atoms with van der Waals surface area (Å²) in [5.74, 6) is -2.39. The van der Waals surface area contributed by atoms with Crippen LogP contribution in [-0.4, -0.2) is 65.3 Å². The maximum atomic E-state index is 15.7. The van der Waals surface area contributed by atoms with Gasteiger partial charge in [-0.2, -0.15) is 0 Å². The van der Waals surface area contributed by atoms with Gasteiger partial charge in [0.15, 0.2) is 41.7 Å². The van der Waals surface area contributed by atoms with Gasteiger partial charge in [-0.15, -0.1) is 0 Å². The highest BCUT2D eigenvalue weighted by molar-refractivity contribution is 7.72. The molecule has 2 heterocycles. The molecule has 7 nitrogen and oxygen atoms in total. The van der Waals surface area contributed by atoms with E-state index in [-0.39, 0.29) is 6.61 Å². The molecule has 3 rings (SSSR count). The molecule has 2 saturated heterocycles. The molecule has 10 heteroatoms. The second-order valence-electron chi connectivity index (χ2n) is 12.2. The van der Waals surface area contributed by atoms with E-state index in [1.54, 1.807) is 0 Å². The van der Waals surface area contributed by atoms with Crippen molar-refractivity contribution in [2.45, 2.75) is 102 Å². The molecule has 0 spiro atoms. The molecule has 1 aromatic rings. The monoisotopic (exact) mass is 530 g/mol. The molecule has 0 unspecified atom stereocenters. The van der Waals surface area contributed by atoms with Crippen molar-refractivity contribution in [2.24, 2.45) is 0 Å². The third kappa shape index (κ3) is 6.90. The third-order valence-electron chi connectivity index (χ3n) is 5.48. The molecule has 2 aliphatic rings. The minimum atomic E-state index is -3.53. The van der Waals surface area contributed by atoms with Crippen LogP contribution in [0, 0.1) is 0 Å². The quantitative estimate of drug-likeness (QED) is 0.315. The average Bonchev–Trinajstić information content (AvgIpc) is 3.24. The maximum Gasteiger partial charge on any atom is 0.190 e. The SMILES string of the molecule is CC1(C)CO[C@H]([C@H](O[Si](C)(C)C)[P@@](=O)(c2ccccc2)[C@@H](O[Si](C)(C)C)[C@H]2COC(C)(C)O2)O1. The Morgan fingerprint density at radius 2 is 1.47 bits per heavy atom. The van der Waals surface area contributed by atoms with Crippen LogP contribution in [0.4, 0.5) is 0 Å². The zero-order valence-electron chi connectivity index (χ0n) is 22.4. The van der Waals surface area contributed by atoms with Gasteiger partial charge in [0.2, 0.25) is 0 Å². The zero-order valence-corrected chi connectivity index (χ0v) is 25.3. The van der Waals surface area contributed by atoms with Gasteiger partial charge in [0.1, 0.15) is 11.9 Å². The molecular weight excluding hydrogens is 487 g/mol. The molecule has 194 valence electrons. The van der Waals surface area contributed by atoms with E-state index in [2.05, 4.69) is 39.3 Å². The first kappa shape index (κ1) is 28.2. The smallest absolute Gasteiger partial charge is 0.190 e. The van der Waals surface area contributed by atoms with Crippen LogP contribution in [0.1, 0.15) is 27.7 Å². The van der Waals surface area contributed by atoms with Crippen molar-refractivity contribution >= 4 is 29.1 Å². The van der Waals surface area contributed by atoms with Crippen LogP contribution in [0.25, 0.3) is 0 Å². The minimum absolute atomic E-state index is 0.288. The van der Waals surface area contributed by atoms with Crippen molar-refractivity contribution in [3.63, 3.8) is 0 Å². The Labute approximate surface area is 207 Å². The summed E-state index contributed by atoms with van der Waals surface area (Å²) < 4.78 is 53.7. The summed E-state index contributed by atoms with van der Waals surface area (Å²) in [5, 5.41) is 0.673. The summed E-state index contributed by atoms with van der Waals surface area (Å²) in [6.07, 6.45) is -1.30. The predicted octanol–water partition coefficient (Wildman–Crippen LogP) is 5.33. The standard InChI is InChI=1S/C24H43O7PSi2/c1-23(2)17-26-20(29-23)22(31-34(8,9)10)32(25,18-14-12-11-13-15-18)21(30-33(5,6)7)19-16-27-24(3,4)28-19/h11-15,19-22H,16-17H2,1-10H3/t19-,20+,21-,22-,32-/m1/s1. The molecular formula is C24H43O7PSi2. The van der Waals surface area contributed by atoms with Crippen LogP contribution in [-0.2, 0) is 32.4 Å². The number of hydrogen-bond acceptors (Lipinski definition) is 7. The van der Waals surface area contributed by atoms with E-state index in [0.29, 0.717) is 11.9 Å². The van der Waals surface area contributed by atoms with Gasteiger partial charge in [0.25, 0.3) is 0 Å². The Hall–Kier alpha value is -0.356. The highest BCUT2D eigenvalue weighted by Gasteiger charge is 2.57. The summed E-state index contributed by atoms with van der Waals surface area (Å²) in [6.45, 7) is 20.9. The van der Waals surface area contributed by atoms with E-state index in [4.69, 9.17) is 27.8 Å². The van der Waals surface area contributed by atoms with E-state index in [0.717, 1.165) is 0 Å². The largest absolute Gasteiger partial charge is 0.405 e. The Kier molecular flexibility index (Phi) is 8.16. The van der Waals surface area contributed by atoms with Gasteiger partial charge < -0.3 is 32.4 Å². The topological polar surface area (TPSA) is 72.5 Å². The first-order valence-electron chi connectivity index (χ1n) is 12.0. The van der Waals surface area contributed by atoms with Crippen molar-refractivity contribution in [3.05, 3.63) is 30.3 Å². The number of benzene rings is 1. The average molecular weight is 531 g/mol. The Morgan fingerprint density at radius 3 is 1.91 bits per heavy atom. The Balaban J connectivity index is 2.20. The highest BCUT2D eigenvalue weighted by atomic mass is 31.2. The van der Waals surface area contributed by atoms with Crippen LogP contribution in [0.5, 0.6) is 0 Å². The first-order chi connectivity index (χ1) is 15.4. The molecule has 34 heavy (non-hydrogen) atoms. The van der Waals surface area contributed by atoms with Crippen LogP contribution < -0.4 is 5.30 Å². The lowest BCUT2D eigenvalue weighted by atomic mass is 10.2. The van der Waals surface area contributed by atoms with E-state index in [1.807, 2.05) is 58.0 Å². The van der Waals surface area contributed by atoms with E-state index in [9.17, 15) is 0 Å². The van der Waals surface area contributed by atoms with Crippen LogP contribution in [0.15, 0.2) is 30.3 Å². The van der Waals surface area contributed by atoms with Gasteiger partial charge in [-0.25, -0.2) is 0 Å². The fourth-order valence-corrected chi connectivity index (χ4v) is 11.7. The molecule has 0 radical (unpaired) electrons. The summed E-state index contributed by atoms with van der Waals surface area (Å²) in [5.41, 5.74) is -0.503. The van der Waals surface area contributed by atoms with E-state index < -0.39 is 59.2 Å². The normalized spacial score (nSPS) is 28.4. The lowest BCUT2D eigenvalue weighted by molar-refractivity contribution is -0.145. The van der Waals surface area contributed by atoms with Gasteiger partial charge in [-0.05, 0) is 67.0 Å². The van der Waals surface area contributed by atoms with Gasteiger partial charge in [-0.3, -0.25) is 0 Å². The van der Waals surface area contributed by atoms with Crippen LogP contribution in [0.2, 0.25) is 39.3 Å². The third-order valence-corrected chi connectivity index (χ3v) is 11.2.